The molecule has 0 bridgehead atoms. The summed E-state index contributed by atoms with van der Waals surface area (Å²) in [6.45, 7) is 8.06. The Labute approximate surface area is 405 Å². The lowest BCUT2D eigenvalue weighted by Crippen LogP contribution is -2.14. The zero-order valence-corrected chi connectivity index (χ0v) is 44.2. The van der Waals surface area contributed by atoms with Crippen LogP contribution in [-0.4, -0.2) is 49.4 Å². The van der Waals surface area contributed by atoms with Gasteiger partial charge in [0.15, 0.2) is 0 Å². The van der Waals surface area contributed by atoms with E-state index in [1.54, 1.807) is 0 Å². The van der Waals surface area contributed by atoms with Gasteiger partial charge in [-0.3, -0.25) is 14.4 Å². The summed E-state index contributed by atoms with van der Waals surface area (Å²) in [7, 11) is 0. The van der Waals surface area contributed by atoms with Crippen molar-refractivity contribution in [2.45, 2.75) is 329 Å². The van der Waals surface area contributed by atoms with Crippen LogP contribution < -0.4 is 0 Å². The van der Waals surface area contributed by atoms with Crippen LogP contribution in [-0.2, 0) is 28.6 Å². The molecule has 7 heteroatoms. The molecule has 0 saturated carbocycles. The number of aliphatic carboxylic acids is 1. The lowest BCUT2D eigenvalue weighted by atomic mass is 10.0. The largest absolute Gasteiger partial charge is 0.481 e. The third-order valence-electron chi connectivity index (χ3n) is 12.9. The van der Waals surface area contributed by atoms with Gasteiger partial charge in [0.25, 0.3) is 0 Å². The molecule has 0 fully saturated rings. The van der Waals surface area contributed by atoms with E-state index in [4.69, 9.17) is 19.3 Å². The van der Waals surface area contributed by atoms with Gasteiger partial charge in [-0.1, -0.05) is 290 Å². The maximum Gasteiger partial charge on any atom is 0.305 e. The second-order valence-electron chi connectivity index (χ2n) is 19.5. The Morgan fingerprint density at radius 1 is 0.262 bits per heavy atom. The zero-order chi connectivity index (χ0) is 47.6. The monoisotopic (exact) mass is 923 g/mol. The van der Waals surface area contributed by atoms with Gasteiger partial charge in [-0.05, 0) is 19.3 Å². The fraction of sp³-hybridized carbons (Fsp3) is 0.948. The van der Waals surface area contributed by atoms with E-state index in [1.807, 2.05) is 0 Å². The van der Waals surface area contributed by atoms with Crippen molar-refractivity contribution >= 4 is 17.9 Å². The first-order valence-corrected chi connectivity index (χ1v) is 29.1. The minimum atomic E-state index is -0.653. The summed E-state index contributed by atoms with van der Waals surface area (Å²) in [5.74, 6) is -0.925. The normalized spacial score (nSPS) is 11.1. The van der Waals surface area contributed by atoms with E-state index >= 15 is 0 Å². The van der Waals surface area contributed by atoms with Crippen LogP contribution in [0.1, 0.15) is 329 Å². The lowest BCUT2D eigenvalue weighted by molar-refractivity contribution is -0.147. The molecule has 0 aromatic heterocycles. The number of esters is 2. The van der Waals surface area contributed by atoms with Crippen LogP contribution in [0.25, 0.3) is 0 Å². The Morgan fingerprint density at radius 2 is 0.446 bits per heavy atom. The van der Waals surface area contributed by atoms with Gasteiger partial charge in [-0.15, -0.1) is 0 Å². The van der Waals surface area contributed by atoms with E-state index in [-0.39, 0.29) is 25.2 Å². The van der Waals surface area contributed by atoms with Gasteiger partial charge in [0.1, 0.15) is 13.2 Å². The second kappa shape index (κ2) is 60.4. The molecule has 0 spiro atoms. The molecule has 0 aliphatic carbocycles. The highest BCUT2D eigenvalue weighted by Crippen LogP contribution is 2.17. The van der Waals surface area contributed by atoms with Crippen LogP contribution in [0, 0.1) is 0 Å². The highest BCUT2D eigenvalue weighted by Gasteiger charge is 2.05. The van der Waals surface area contributed by atoms with Crippen molar-refractivity contribution in [3.63, 3.8) is 0 Å². The number of rotatable bonds is 54. The Kier molecular flexibility index (Phi) is 60.8. The molecule has 65 heavy (non-hydrogen) atoms. The first-order chi connectivity index (χ1) is 32.0. The standard InChI is InChI=1S/C40H78O5.C18H36O2/c1-3-5-7-9-11-13-15-17-19-21-23-25-27-29-31-33-39(41)44-37-35-43-36-38-45-40(42)34-32-30-28-26-24-22-20-18-16-14-12-10-8-6-4-2;1-2-3-4-5-6-7-8-9-10-11-12-13-14-15-16-17-18(19)20/h3-38H2,1-2H3;2-17H2,1H3,(H,19,20). The number of hydrogen-bond acceptors (Lipinski definition) is 6. The minimum absolute atomic E-state index is 0.136. The molecule has 0 aliphatic heterocycles. The van der Waals surface area contributed by atoms with Crippen molar-refractivity contribution in [1.82, 2.24) is 0 Å². The number of carbonyl (C=O) groups is 3. The van der Waals surface area contributed by atoms with Crippen molar-refractivity contribution in [2.75, 3.05) is 26.4 Å². The maximum absolute atomic E-state index is 11.9. The summed E-state index contributed by atoms with van der Waals surface area (Å²) in [4.78, 5) is 34.1. The van der Waals surface area contributed by atoms with E-state index in [9.17, 15) is 14.4 Å². The predicted octanol–water partition coefficient (Wildman–Crippen LogP) is 18.9. The number of ether oxygens (including phenoxy) is 3. The Balaban J connectivity index is 0. The highest BCUT2D eigenvalue weighted by molar-refractivity contribution is 5.69. The van der Waals surface area contributed by atoms with Crippen molar-refractivity contribution in [3.05, 3.63) is 0 Å². The third-order valence-corrected chi connectivity index (χ3v) is 12.9. The summed E-state index contributed by atoms with van der Waals surface area (Å²) in [5, 5.41) is 8.52. The fourth-order valence-electron chi connectivity index (χ4n) is 8.60. The quantitative estimate of drug-likeness (QED) is 0.0479. The summed E-state index contributed by atoms with van der Waals surface area (Å²) in [6, 6.07) is 0. The van der Waals surface area contributed by atoms with E-state index in [0.717, 1.165) is 38.5 Å². The molecule has 0 radical (unpaired) electrons. The Morgan fingerprint density at radius 3 is 0.646 bits per heavy atom. The minimum Gasteiger partial charge on any atom is -0.481 e. The van der Waals surface area contributed by atoms with Crippen LogP contribution in [0.4, 0.5) is 0 Å². The number of unbranched alkanes of at least 4 members (excludes halogenated alkanes) is 42. The third kappa shape index (κ3) is 64.5. The molecule has 388 valence electrons. The van der Waals surface area contributed by atoms with Gasteiger partial charge < -0.3 is 19.3 Å². The van der Waals surface area contributed by atoms with Crippen LogP contribution in [0.2, 0.25) is 0 Å². The maximum atomic E-state index is 11.9. The van der Waals surface area contributed by atoms with Crippen molar-refractivity contribution in [3.8, 4) is 0 Å². The molecular formula is C58H114O7. The van der Waals surface area contributed by atoms with Crippen molar-refractivity contribution < 1.29 is 33.7 Å². The number of carboxylic acids is 1. The molecular weight excluding hydrogens is 809 g/mol. The summed E-state index contributed by atoms with van der Waals surface area (Å²) < 4.78 is 16.0. The fourth-order valence-corrected chi connectivity index (χ4v) is 8.60. The van der Waals surface area contributed by atoms with E-state index in [1.165, 1.54) is 250 Å². The molecule has 0 aromatic carbocycles. The molecule has 0 rings (SSSR count). The van der Waals surface area contributed by atoms with Gasteiger partial charge in [0, 0.05) is 19.3 Å². The summed E-state index contributed by atoms with van der Waals surface area (Å²) >= 11 is 0. The second-order valence-corrected chi connectivity index (χ2v) is 19.5. The first kappa shape index (κ1) is 65.5. The van der Waals surface area contributed by atoms with Crippen LogP contribution in [0.5, 0.6) is 0 Å². The lowest BCUT2D eigenvalue weighted by Gasteiger charge is -2.07. The average Bonchev–Trinajstić information content (AvgIpc) is 3.30. The van der Waals surface area contributed by atoms with Gasteiger partial charge in [-0.25, -0.2) is 0 Å². The molecule has 1 N–H and O–H groups in total. The average molecular weight is 924 g/mol. The van der Waals surface area contributed by atoms with Crippen molar-refractivity contribution in [1.29, 1.82) is 0 Å². The van der Waals surface area contributed by atoms with Crippen LogP contribution >= 0.6 is 0 Å². The number of hydrogen-bond donors (Lipinski definition) is 1. The first-order valence-electron chi connectivity index (χ1n) is 29.1. The molecule has 0 saturated heterocycles. The van der Waals surface area contributed by atoms with Crippen LogP contribution in [0.15, 0.2) is 0 Å². The summed E-state index contributed by atoms with van der Waals surface area (Å²) in [6.07, 6.45) is 60.8. The Hall–Kier alpha value is -1.63. The van der Waals surface area contributed by atoms with E-state index < -0.39 is 5.97 Å². The highest BCUT2D eigenvalue weighted by atomic mass is 16.6. The van der Waals surface area contributed by atoms with Gasteiger partial charge in [0.2, 0.25) is 0 Å². The zero-order valence-electron chi connectivity index (χ0n) is 44.2. The topological polar surface area (TPSA) is 99.1 Å². The molecule has 0 unspecified atom stereocenters. The van der Waals surface area contributed by atoms with Crippen LogP contribution in [0.3, 0.4) is 0 Å². The predicted molar refractivity (Wildman–Crippen MR) is 279 cm³/mol. The number of carboxylic acid groups (broad SMARTS) is 1. The molecule has 0 atom stereocenters. The van der Waals surface area contributed by atoms with E-state index in [2.05, 4.69) is 20.8 Å². The molecule has 0 aromatic rings. The summed E-state index contributed by atoms with van der Waals surface area (Å²) in [5.41, 5.74) is 0. The van der Waals surface area contributed by atoms with Gasteiger partial charge in [-0.2, -0.15) is 0 Å². The smallest absolute Gasteiger partial charge is 0.305 e. The molecule has 7 nitrogen and oxygen atoms in total. The molecule has 0 heterocycles. The van der Waals surface area contributed by atoms with Crippen molar-refractivity contribution in [2.24, 2.45) is 0 Å². The molecule has 0 amide bonds. The number of carbonyl (C=O) groups excluding carboxylic acids is 2. The van der Waals surface area contributed by atoms with E-state index in [0.29, 0.717) is 32.5 Å². The SMILES string of the molecule is CCCCCCCCCCCCCCCCCC(=O)O.CCCCCCCCCCCCCCCCCC(=O)OCCOCCOC(=O)CCCCCCCCCCCCCCCCC. The van der Waals surface area contributed by atoms with Gasteiger partial charge in [0.05, 0.1) is 13.2 Å². The Bertz CT molecular complexity index is 874. The van der Waals surface area contributed by atoms with Gasteiger partial charge >= 0.3 is 17.9 Å². The molecule has 0 aliphatic rings.